The smallest absolute Gasteiger partial charge is 0.328 e. The molecule has 164 valence electrons. The lowest BCUT2D eigenvalue weighted by molar-refractivity contribution is -0.146. The van der Waals surface area contributed by atoms with Crippen LogP contribution < -0.4 is 25.8 Å². The van der Waals surface area contributed by atoms with Gasteiger partial charge in [-0.15, -0.1) is 0 Å². The topological polar surface area (TPSA) is 111 Å². The molecule has 9 nitrogen and oxygen atoms in total. The van der Waals surface area contributed by atoms with Gasteiger partial charge in [0.25, 0.3) is 0 Å². The van der Waals surface area contributed by atoms with E-state index in [1.807, 2.05) is 42.5 Å². The van der Waals surface area contributed by atoms with Gasteiger partial charge in [-0.3, -0.25) is 25.0 Å². The highest BCUT2D eigenvalue weighted by Crippen LogP contribution is 2.45. The fraction of sp³-hybridized carbons (Fsp3) is 0.304. The molecule has 0 bridgehead atoms. The molecule has 1 atom stereocenters. The van der Waals surface area contributed by atoms with Gasteiger partial charge in [0.05, 0.1) is 6.04 Å². The van der Waals surface area contributed by atoms with Gasteiger partial charge in [0.1, 0.15) is 0 Å². The number of imide groups is 2. The van der Waals surface area contributed by atoms with Gasteiger partial charge in [0.2, 0.25) is 17.7 Å². The van der Waals surface area contributed by atoms with Gasteiger partial charge < -0.3 is 15.1 Å². The Balaban J connectivity index is 1.60. The second kappa shape index (κ2) is 7.37. The van der Waals surface area contributed by atoms with Gasteiger partial charge >= 0.3 is 6.03 Å². The number of anilines is 3. The van der Waals surface area contributed by atoms with Crippen LogP contribution in [0.1, 0.15) is 12.5 Å². The minimum absolute atomic E-state index is 0.129. The van der Waals surface area contributed by atoms with Crippen molar-refractivity contribution in [3.05, 3.63) is 54.1 Å². The molecule has 0 aliphatic carbocycles. The highest BCUT2D eigenvalue weighted by atomic mass is 16.2. The number of hydrogen-bond donors (Lipinski definition) is 3. The Morgan fingerprint density at radius 3 is 2.44 bits per heavy atom. The Bertz CT molecular complexity index is 1110. The standard InChI is InChI=1S/C23H23N5O4/c1-14(29)24-16-7-8-18-15(11-16)12-23(20(30)25-22(32)26-21(23)31)19-13-27(9-10-28(18)19)17-5-3-2-4-6-17/h2-8,11,19H,9-10,12-13H2,1H3,(H,24,29)(H2,25,26,30,31,32)/t19-/m0/s1. The number of nitrogens with one attached hydrogen (secondary N) is 3. The van der Waals surface area contributed by atoms with E-state index in [0.29, 0.717) is 25.3 Å². The third-order valence-corrected chi connectivity index (χ3v) is 6.51. The molecular weight excluding hydrogens is 410 g/mol. The number of nitrogens with zero attached hydrogens (tertiary/aromatic N) is 2. The monoisotopic (exact) mass is 433 g/mol. The van der Waals surface area contributed by atoms with Crippen LogP contribution in [0, 0.1) is 5.41 Å². The number of barbiturate groups is 1. The van der Waals surface area contributed by atoms with E-state index in [4.69, 9.17) is 0 Å². The Morgan fingerprint density at radius 2 is 1.75 bits per heavy atom. The highest BCUT2D eigenvalue weighted by Gasteiger charge is 2.60. The summed E-state index contributed by atoms with van der Waals surface area (Å²) in [5, 5.41) is 7.38. The van der Waals surface area contributed by atoms with E-state index < -0.39 is 29.3 Å². The number of urea groups is 1. The summed E-state index contributed by atoms with van der Waals surface area (Å²) < 4.78 is 0. The number of rotatable bonds is 2. The molecule has 2 saturated heterocycles. The Hall–Kier alpha value is -3.88. The van der Waals surface area contributed by atoms with Crippen molar-refractivity contribution in [1.29, 1.82) is 0 Å². The summed E-state index contributed by atoms with van der Waals surface area (Å²) in [4.78, 5) is 54.1. The van der Waals surface area contributed by atoms with E-state index in [9.17, 15) is 19.2 Å². The first-order chi connectivity index (χ1) is 15.4. The van der Waals surface area contributed by atoms with Crippen molar-refractivity contribution in [3.8, 4) is 0 Å². The number of benzene rings is 2. The van der Waals surface area contributed by atoms with Crippen LogP contribution in [0.2, 0.25) is 0 Å². The van der Waals surface area contributed by atoms with Crippen molar-refractivity contribution in [2.24, 2.45) is 5.41 Å². The lowest BCUT2D eigenvalue weighted by atomic mass is 9.68. The fourth-order valence-corrected chi connectivity index (χ4v) is 5.10. The maximum absolute atomic E-state index is 13.3. The van der Waals surface area contributed by atoms with Crippen molar-refractivity contribution in [3.63, 3.8) is 0 Å². The molecule has 3 aliphatic heterocycles. The van der Waals surface area contributed by atoms with Crippen LogP contribution in [0.3, 0.4) is 0 Å². The molecule has 3 heterocycles. The van der Waals surface area contributed by atoms with E-state index in [1.54, 1.807) is 6.07 Å². The van der Waals surface area contributed by atoms with Crippen LogP contribution in [-0.2, 0) is 20.8 Å². The first-order valence-electron chi connectivity index (χ1n) is 10.5. The van der Waals surface area contributed by atoms with Crippen molar-refractivity contribution < 1.29 is 19.2 Å². The number of hydrogen-bond acceptors (Lipinski definition) is 6. The molecule has 32 heavy (non-hydrogen) atoms. The maximum atomic E-state index is 13.3. The van der Waals surface area contributed by atoms with Crippen LogP contribution >= 0.6 is 0 Å². The summed E-state index contributed by atoms with van der Waals surface area (Å²) in [5.74, 6) is -1.39. The van der Waals surface area contributed by atoms with Gasteiger partial charge in [-0.1, -0.05) is 18.2 Å². The van der Waals surface area contributed by atoms with E-state index in [1.165, 1.54) is 6.92 Å². The average Bonchev–Trinajstić information content (AvgIpc) is 2.77. The van der Waals surface area contributed by atoms with E-state index in [2.05, 4.69) is 25.8 Å². The highest BCUT2D eigenvalue weighted by molar-refractivity contribution is 6.20. The molecule has 3 N–H and O–H groups in total. The van der Waals surface area contributed by atoms with Crippen LogP contribution in [0.4, 0.5) is 21.9 Å². The minimum Gasteiger partial charge on any atom is -0.368 e. The van der Waals surface area contributed by atoms with Gasteiger partial charge in [-0.25, -0.2) is 4.79 Å². The van der Waals surface area contributed by atoms with Gasteiger partial charge in [-0.2, -0.15) is 0 Å². The molecule has 0 aromatic heterocycles. The predicted octanol–water partition coefficient (Wildman–Crippen LogP) is 1.25. The second-order valence-corrected chi connectivity index (χ2v) is 8.40. The average molecular weight is 433 g/mol. The molecular formula is C23H23N5O4. The summed E-state index contributed by atoms with van der Waals surface area (Å²) >= 11 is 0. The summed E-state index contributed by atoms with van der Waals surface area (Å²) in [6.45, 7) is 3.19. The van der Waals surface area contributed by atoms with Gasteiger partial charge in [0.15, 0.2) is 5.41 Å². The minimum atomic E-state index is -1.47. The number of amides is 5. The zero-order chi connectivity index (χ0) is 22.5. The normalized spacial score (nSPS) is 21.4. The first kappa shape index (κ1) is 20.0. The molecule has 0 unspecified atom stereocenters. The molecule has 0 radical (unpaired) electrons. The molecule has 9 heteroatoms. The second-order valence-electron chi connectivity index (χ2n) is 8.40. The number of carbonyl (C=O) groups is 4. The van der Waals surface area contributed by atoms with E-state index in [0.717, 1.165) is 16.9 Å². The fourth-order valence-electron chi connectivity index (χ4n) is 5.10. The van der Waals surface area contributed by atoms with Gasteiger partial charge in [0, 0.05) is 43.6 Å². The summed E-state index contributed by atoms with van der Waals surface area (Å²) in [5.41, 5.74) is 1.85. The van der Waals surface area contributed by atoms with Crippen LogP contribution in [-0.4, -0.2) is 49.4 Å². The SMILES string of the molecule is CC(=O)Nc1ccc2c(c1)CC1(C(=O)NC(=O)NC1=O)[C@@H]1CN(c3ccccc3)CCN21. The quantitative estimate of drug-likeness (QED) is 0.615. The molecule has 1 spiro atoms. The lowest BCUT2D eigenvalue weighted by Gasteiger charge is -2.54. The maximum Gasteiger partial charge on any atom is 0.328 e. The van der Waals surface area contributed by atoms with Crippen LogP contribution in [0.25, 0.3) is 0 Å². The molecule has 0 saturated carbocycles. The van der Waals surface area contributed by atoms with E-state index >= 15 is 0 Å². The van der Waals surface area contributed by atoms with Gasteiger partial charge in [-0.05, 0) is 42.3 Å². The van der Waals surface area contributed by atoms with Crippen LogP contribution in [0.15, 0.2) is 48.5 Å². The predicted molar refractivity (Wildman–Crippen MR) is 118 cm³/mol. The zero-order valence-electron chi connectivity index (χ0n) is 17.6. The Kier molecular flexibility index (Phi) is 4.61. The van der Waals surface area contributed by atoms with Crippen molar-refractivity contribution in [2.45, 2.75) is 19.4 Å². The Morgan fingerprint density at radius 1 is 1.03 bits per heavy atom. The third kappa shape index (κ3) is 3.08. The van der Waals surface area contributed by atoms with E-state index in [-0.39, 0.29) is 12.3 Å². The number of fused-ring (bicyclic) bond motifs is 4. The summed E-state index contributed by atoms with van der Waals surface area (Å²) in [7, 11) is 0. The van der Waals surface area contributed by atoms with Crippen molar-refractivity contribution in [1.82, 2.24) is 10.6 Å². The molecule has 5 rings (SSSR count). The molecule has 2 fully saturated rings. The lowest BCUT2D eigenvalue weighted by Crippen LogP contribution is -2.74. The zero-order valence-corrected chi connectivity index (χ0v) is 17.6. The number of para-hydroxylation sites is 1. The van der Waals surface area contributed by atoms with Crippen molar-refractivity contribution >= 4 is 40.8 Å². The summed E-state index contributed by atoms with van der Waals surface area (Å²) in [6, 6.07) is 14.1. The molecule has 2 aromatic rings. The number of piperazine rings is 1. The number of carbonyl (C=O) groups excluding carboxylic acids is 4. The Labute approximate surface area is 184 Å². The summed E-state index contributed by atoms with van der Waals surface area (Å²) in [6.07, 6.45) is 0.129. The molecule has 5 amide bonds. The van der Waals surface area contributed by atoms with Crippen LogP contribution in [0.5, 0.6) is 0 Å². The molecule has 2 aromatic carbocycles. The first-order valence-corrected chi connectivity index (χ1v) is 10.5. The molecule has 3 aliphatic rings. The third-order valence-electron chi connectivity index (χ3n) is 6.51. The largest absolute Gasteiger partial charge is 0.368 e. The van der Waals surface area contributed by atoms with Crippen molar-refractivity contribution in [2.75, 3.05) is 34.8 Å².